The van der Waals surface area contributed by atoms with Crippen molar-refractivity contribution in [2.24, 2.45) is 0 Å². The molecule has 0 aliphatic carbocycles. The molecule has 8 heteroatoms. The van der Waals surface area contributed by atoms with E-state index in [0.717, 1.165) is 58.9 Å². The van der Waals surface area contributed by atoms with E-state index in [1.54, 1.807) is 6.08 Å². The van der Waals surface area contributed by atoms with E-state index < -0.39 is 5.91 Å². The monoisotopic (exact) mass is 450 g/mol. The first-order chi connectivity index (χ1) is 15.5. The van der Waals surface area contributed by atoms with Crippen molar-refractivity contribution in [1.82, 2.24) is 9.55 Å². The molecule has 32 heavy (non-hydrogen) atoms. The number of hydrogen-bond donors (Lipinski definition) is 1. The van der Waals surface area contributed by atoms with E-state index in [9.17, 15) is 10.1 Å². The van der Waals surface area contributed by atoms with Crippen molar-refractivity contribution in [1.29, 1.82) is 5.26 Å². The average molecular weight is 451 g/mol. The number of ether oxygens (including phenoxy) is 2. The Kier molecular flexibility index (Phi) is 6.58. The lowest BCUT2D eigenvalue weighted by molar-refractivity contribution is -0.112. The van der Waals surface area contributed by atoms with Gasteiger partial charge in [-0.15, -0.1) is 0 Å². The van der Waals surface area contributed by atoms with Gasteiger partial charge in [-0.25, -0.2) is 4.98 Å². The van der Waals surface area contributed by atoms with Crippen LogP contribution < -0.4 is 10.1 Å². The van der Waals surface area contributed by atoms with Crippen LogP contribution in [0.2, 0.25) is 0 Å². The van der Waals surface area contributed by atoms with Crippen LogP contribution in [0, 0.1) is 25.2 Å². The predicted octanol–water partition coefficient (Wildman–Crippen LogP) is 4.84. The van der Waals surface area contributed by atoms with Crippen LogP contribution in [0.15, 0.2) is 29.8 Å². The van der Waals surface area contributed by atoms with E-state index in [-0.39, 0.29) is 11.7 Å². The largest absolute Gasteiger partial charge is 0.494 e. The Labute approximate surface area is 191 Å². The lowest BCUT2D eigenvalue weighted by Gasteiger charge is -2.14. The molecule has 1 amide bonds. The van der Waals surface area contributed by atoms with Crippen LogP contribution >= 0.6 is 11.3 Å². The molecule has 0 spiro atoms. The zero-order chi connectivity index (χ0) is 22.7. The molecule has 0 bridgehead atoms. The van der Waals surface area contributed by atoms with Gasteiger partial charge < -0.3 is 14.0 Å². The van der Waals surface area contributed by atoms with E-state index >= 15 is 0 Å². The van der Waals surface area contributed by atoms with Gasteiger partial charge in [-0.2, -0.15) is 5.26 Å². The molecule has 1 fully saturated rings. The standard InChI is InChI=1S/C24H26N4O3S/c1-4-30-19-7-8-21-22(12-19)32-24(26-21)27-23(29)18(13-25)11-17-10-15(2)28(16(17)3)14-20-6-5-9-31-20/h7-8,10-12,20H,4-6,9,14H2,1-3H3,(H,26,27,29)/b18-11+. The van der Waals surface area contributed by atoms with E-state index in [1.165, 1.54) is 11.3 Å². The Balaban J connectivity index is 1.53. The summed E-state index contributed by atoms with van der Waals surface area (Å²) in [7, 11) is 0. The molecule has 1 saturated heterocycles. The third-order valence-electron chi connectivity index (χ3n) is 5.58. The van der Waals surface area contributed by atoms with E-state index in [0.29, 0.717) is 11.7 Å². The van der Waals surface area contributed by atoms with Gasteiger partial charge in [0.15, 0.2) is 5.13 Å². The molecule has 3 aromatic rings. The first kappa shape index (κ1) is 22.1. The predicted molar refractivity (Wildman–Crippen MR) is 126 cm³/mol. The van der Waals surface area contributed by atoms with E-state index in [1.807, 2.05) is 51.1 Å². The molecule has 1 unspecified atom stereocenters. The van der Waals surface area contributed by atoms with Crippen molar-refractivity contribution < 1.29 is 14.3 Å². The van der Waals surface area contributed by atoms with E-state index in [2.05, 4.69) is 14.9 Å². The Bertz CT molecular complexity index is 1210. The van der Waals surface area contributed by atoms with Crippen LogP contribution in [-0.2, 0) is 16.1 Å². The van der Waals surface area contributed by atoms with Gasteiger partial charge in [-0.1, -0.05) is 11.3 Å². The highest BCUT2D eigenvalue weighted by Crippen LogP contribution is 2.30. The molecular formula is C24H26N4O3S. The summed E-state index contributed by atoms with van der Waals surface area (Å²) in [6.07, 6.45) is 4.01. The number of anilines is 1. The summed E-state index contributed by atoms with van der Waals surface area (Å²) >= 11 is 1.35. The molecule has 2 aromatic heterocycles. The second kappa shape index (κ2) is 9.55. The number of carbonyl (C=O) groups excluding carboxylic acids is 1. The number of fused-ring (bicyclic) bond motifs is 1. The highest BCUT2D eigenvalue weighted by molar-refractivity contribution is 7.22. The number of amides is 1. The lowest BCUT2D eigenvalue weighted by atomic mass is 10.1. The maximum Gasteiger partial charge on any atom is 0.268 e. The number of hydrogen-bond acceptors (Lipinski definition) is 6. The molecule has 1 aliphatic rings. The van der Waals surface area contributed by atoms with Crippen molar-refractivity contribution in [3.63, 3.8) is 0 Å². The fourth-order valence-corrected chi connectivity index (χ4v) is 4.82. The minimum absolute atomic E-state index is 0.0385. The van der Waals surface area contributed by atoms with Gasteiger partial charge in [0.1, 0.15) is 17.4 Å². The molecule has 1 aliphatic heterocycles. The van der Waals surface area contributed by atoms with Crippen LogP contribution in [0.5, 0.6) is 5.75 Å². The molecule has 1 aromatic carbocycles. The smallest absolute Gasteiger partial charge is 0.268 e. The number of nitrogens with zero attached hydrogens (tertiary/aromatic N) is 3. The molecule has 3 heterocycles. The van der Waals surface area contributed by atoms with Crippen molar-refractivity contribution in [3.05, 3.63) is 46.8 Å². The summed E-state index contributed by atoms with van der Waals surface area (Å²) in [6.45, 7) is 8.15. The molecule has 1 atom stereocenters. The molecule has 1 N–H and O–H groups in total. The number of nitrogens with one attached hydrogen (secondary N) is 1. The summed E-state index contributed by atoms with van der Waals surface area (Å²) < 4.78 is 14.4. The zero-order valence-corrected chi connectivity index (χ0v) is 19.3. The fraction of sp³-hybridized carbons (Fsp3) is 0.375. The second-order valence-corrected chi connectivity index (χ2v) is 8.81. The summed E-state index contributed by atoms with van der Waals surface area (Å²) in [4.78, 5) is 17.2. The first-order valence-corrected chi connectivity index (χ1v) is 11.5. The summed E-state index contributed by atoms with van der Waals surface area (Å²) in [6, 6.07) is 9.64. The van der Waals surface area contributed by atoms with Crippen molar-refractivity contribution in [3.8, 4) is 11.8 Å². The number of carbonyl (C=O) groups is 1. The van der Waals surface area contributed by atoms with Crippen molar-refractivity contribution in [2.45, 2.75) is 46.3 Å². The minimum atomic E-state index is -0.472. The van der Waals surface area contributed by atoms with Crippen LogP contribution in [0.25, 0.3) is 16.3 Å². The topological polar surface area (TPSA) is 89.2 Å². The average Bonchev–Trinajstić information content (AvgIpc) is 3.48. The number of aryl methyl sites for hydroxylation is 1. The van der Waals surface area contributed by atoms with Crippen LogP contribution in [-0.4, -0.2) is 34.8 Å². The third-order valence-corrected chi connectivity index (χ3v) is 6.51. The first-order valence-electron chi connectivity index (χ1n) is 10.7. The Morgan fingerprint density at radius 2 is 2.28 bits per heavy atom. The van der Waals surface area contributed by atoms with Gasteiger partial charge in [0.2, 0.25) is 0 Å². The lowest BCUT2D eigenvalue weighted by Crippen LogP contribution is -2.17. The Hall–Kier alpha value is -3.15. The molecule has 7 nitrogen and oxygen atoms in total. The van der Waals surface area contributed by atoms with Gasteiger partial charge in [0.05, 0.1) is 22.9 Å². The van der Waals surface area contributed by atoms with Crippen molar-refractivity contribution >= 4 is 38.7 Å². The maximum absolute atomic E-state index is 12.8. The SMILES string of the molecule is CCOc1ccc2nc(NC(=O)/C(C#N)=C/c3cc(C)n(CC4CCCO4)c3C)sc2c1. The third kappa shape index (κ3) is 4.69. The van der Waals surface area contributed by atoms with E-state index in [4.69, 9.17) is 9.47 Å². The highest BCUT2D eigenvalue weighted by Gasteiger charge is 2.19. The fourth-order valence-electron chi connectivity index (χ4n) is 3.93. The Morgan fingerprint density at radius 1 is 1.44 bits per heavy atom. The second-order valence-electron chi connectivity index (χ2n) is 7.78. The number of aromatic nitrogens is 2. The van der Waals surface area contributed by atoms with Gasteiger partial charge in [-0.3, -0.25) is 10.1 Å². The summed E-state index contributed by atoms with van der Waals surface area (Å²) in [5.74, 6) is 0.290. The summed E-state index contributed by atoms with van der Waals surface area (Å²) in [5, 5.41) is 12.8. The zero-order valence-electron chi connectivity index (χ0n) is 18.5. The quantitative estimate of drug-likeness (QED) is 0.411. The molecule has 0 radical (unpaired) electrons. The number of benzene rings is 1. The number of thiazole rings is 1. The van der Waals surface area contributed by atoms with Crippen LogP contribution in [0.4, 0.5) is 5.13 Å². The Morgan fingerprint density at radius 3 is 3.00 bits per heavy atom. The molecule has 0 saturated carbocycles. The van der Waals surface area contributed by atoms with Gasteiger partial charge >= 0.3 is 0 Å². The van der Waals surface area contributed by atoms with Gasteiger partial charge in [0.25, 0.3) is 5.91 Å². The summed E-state index contributed by atoms with van der Waals surface area (Å²) in [5.41, 5.74) is 3.77. The van der Waals surface area contributed by atoms with Crippen LogP contribution in [0.3, 0.4) is 0 Å². The van der Waals surface area contributed by atoms with Crippen molar-refractivity contribution in [2.75, 3.05) is 18.5 Å². The number of rotatable bonds is 7. The highest BCUT2D eigenvalue weighted by atomic mass is 32.1. The molecule has 166 valence electrons. The van der Waals surface area contributed by atoms with Gasteiger partial charge in [-0.05, 0) is 69.5 Å². The minimum Gasteiger partial charge on any atom is -0.494 e. The van der Waals surface area contributed by atoms with Gasteiger partial charge in [0, 0.05) is 24.5 Å². The molecule has 4 rings (SSSR count). The number of nitriles is 1. The molecular weight excluding hydrogens is 424 g/mol. The van der Waals surface area contributed by atoms with Crippen LogP contribution in [0.1, 0.15) is 36.7 Å². The maximum atomic E-state index is 12.8. The normalized spacial score (nSPS) is 16.3.